The van der Waals surface area contributed by atoms with Crippen LogP contribution in [0.4, 0.5) is 0 Å². The van der Waals surface area contributed by atoms with Crippen LogP contribution in [-0.4, -0.2) is 68.5 Å². The van der Waals surface area contributed by atoms with Gasteiger partial charge >= 0.3 is 0 Å². The third-order valence-electron chi connectivity index (χ3n) is 14.8. The van der Waals surface area contributed by atoms with Gasteiger partial charge in [0.25, 0.3) is 7.82 Å². The Labute approximate surface area is 467 Å². The van der Waals surface area contributed by atoms with E-state index in [1.54, 1.807) is 6.08 Å². The Morgan fingerprint density at radius 2 is 0.787 bits per heavy atom. The lowest BCUT2D eigenvalue weighted by atomic mass is 10.0. The number of hydrogen-bond acceptors (Lipinski definition) is 6. The topological polar surface area (TPSA) is 108 Å². The van der Waals surface area contributed by atoms with Crippen LogP contribution in [0.1, 0.15) is 316 Å². The molecule has 0 aromatic rings. The molecule has 0 aliphatic heterocycles. The van der Waals surface area contributed by atoms with Gasteiger partial charge in [0.15, 0.2) is 0 Å². The summed E-state index contributed by atoms with van der Waals surface area (Å²) >= 11 is 0. The van der Waals surface area contributed by atoms with Crippen LogP contribution in [0.2, 0.25) is 0 Å². The quantitative estimate of drug-likeness (QED) is 0.0272. The number of likely N-dealkylation sites (N-methyl/N-ethyl adjacent to an activating group) is 1. The van der Waals surface area contributed by atoms with Crippen molar-refractivity contribution < 1.29 is 32.9 Å². The van der Waals surface area contributed by atoms with Crippen LogP contribution in [0, 0.1) is 0 Å². The number of rotatable bonds is 60. The maximum Gasteiger partial charge on any atom is 0.268 e. The number of nitrogens with zero attached hydrogens (tertiary/aromatic N) is 1. The van der Waals surface area contributed by atoms with Gasteiger partial charge in [-0.2, -0.15) is 0 Å². The number of hydrogen-bond donors (Lipinski definition) is 2. The zero-order valence-electron chi connectivity index (χ0n) is 50.5. The number of nitrogens with one attached hydrogen (secondary N) is 1. The number of phosphoric acid groups is 1. The minimum absolute atomic E-state index is 0.00609. The summed E-state index contributed by atoms with van der Waals surface area (Å²) in [6.07, 6.45) is 76.5. The number of aliphatic hydroxyl groups excluding tert-OH is 1. The summed E-state index contributed by atoms with van der Waals surface area (Å²) in [6, 6.07) is -0.905. The molecule has 0 rings (SSSR count). The first-order chi connectivity index (χ1) is 36.5. The molecule has 3 unspecified atom stereocenters. The van der Waals surface area contributed by atoms with Gasteiger partial charge in [-0.3, -0.25) is 9.36 Å². The Kier molecular flexibility index (Phi) is 56.0. The van der Waals surface area contributed by atoms with Crippen molar-refractivity contribution in [2.45, 2.75) is 328 Å². The van der Waals surface area contributed by atoms with E-state index < -0.39 is 26.6 Å². The molecule has 0 aliphatic carbocycles. The fraction of sp³-hybridized carbons (Fsp3) is 0.864. The van der Waals surface area contributed by atoms with E-state index in [9.17, 15) is 19.4 Å². The van der Waals surface area contributed by atoms with Gasteiger partial charge in [0.05, 0.1) is 39.9 Å². The van der Waals surface area contributed by atoms with Gasteiger partial charge in [0, 0.05) is 6.42 Å². The van der Waals surface area contributed by atoms with Gasteiger partial charge in [0.2, 0.25) is 5.91 Å². The Morgan fingerprint density at radius 1 is 0.467 bits per heavy atom. The Bertz CT molecular complexity index is 1360. The number of phosphoric ester groups is 1. The molecular formula is C66H127N2O6P. The summed E-state index contributed by atoms with van der Waals surface area (Å²) in [5.41, 5.74) is 0. The maximum absolute atomic E-state index is 13.0. The average Bonchev–Trinajstić information content (AvgIpc) is 3.37. The van der Waals surface area contributed by atoms with Gasteiger partial charge in [-0.15, -0.1) is 0 Å². The maximum atomic E-state index is 13.0. The minimum Gasteiger partial charge on any atom is -0.756 e. The standard InChI is InChI=1S/C66H127N2O6P/c1-6-8-10-12-14-16-18-20-22-24-26-28-30-31-32-33-34-35-36-37-38-40-42-44-46-48-50-52-54-56-58-60-66(70)67-64(63-74-75(71,72)73-62-61-68(3,4)5)65(69)59-57-55-53-51-49-47-45-43-41-39-29-27-25-23-21-19-17-15-13-11-9-7-2/h26,28,31-32,49,51,57,59,64-65,69H,6-25,27,29-30,33-48,50,52-56,58,60-63H2,1-5H3,(H-,67,70,71,72)/b28-26-,32-31-,51-49+,59-57+. The predicted molar refractivity (Wildman–Crippen MR) is 325 cm³/mol. The molecule has 9 heteroatoms. The molecule has 0 aromatic heterocycles. The third kappa shape index (κ3) is 60.0. The summed E-state index contributed by atoms with van der Waals surface area (Å²) in [6.45, 7) is 4.67. The summed E-state index contributed by atoms with van der Waals surface area (Å²) in [5.74, 6) is -0.204. The van der Waals surface area contributed by atoms with Gasteiger partial charge in [0.1, 0.15) is 13.2 Å². The molecule has 0 spiro atoms. The van der Waals surface area contributed by atoms with Crippen molar-refractivity contribution in [2.24, 2.45) is 0 Å². The minimum atomic E-state index is -4.61. The number of carbonyl (C=O) groups is 1. The lowest BCUT2D eigenvalue weighted by molar-refractivity contribution is -0.870. The molecule has 2 N–H and O–H groups in total. The molecule has 0 radical (unpaired) electrons. The summed E-state index contributed by atoms with van der Waals surface area (Å²) < 4.78 is 23.4. The number of unbranched alkanes of at least 4 members (excludes halogenated alkanes) is 41. The van der Waals surface area contributed by atoms with E-state index in [1.165, 1.54) is 250 Å². The molecule has 0 fully saturated rings. The first-order valence-electron chi connectivity index (χ1n) is 32.5. The van der Waals surface area contributed by atoms with Crippen LogP contribution >= 0.6 is 7.82 Å². The Balaban J connectivity index is 4.12. The molecule has 3 atom stereocenters. The van der Waals surface area contributed by atoms with E-state index >= 15 is 0 Å². The average molecular weight is 1080 g/mol. The predicted octanol–water partition coefficient (Wildman–Crippen LogP) is 19.6. The second-order valence-electron chi connectivity index (χ2n) is 23.5. The molecule has 75 heavy (non-hydrogen) atoms. The number of amides is 1. The normalized spacial score (nSPS) is 14.1. The van der Waals surface area contributed by atoms with Crippen LogP contribution in [0.5, 0.6) is 0 Å². The van der Waals surface area contributed by atoms with Crippen LogP contribution in [0.15, 0.2) is 48.6 Å². The lowest BCUT2D eigenvalue weighted by Gasteiger charge is -2.29. The van der Waals surface area contributed by atoms with E-state index in [-0.39, 0.29) is 12.5 Å². The van der Waals surface area contributed by atoms with Crippen LogP contribution < -0.4 is 10.2 Å². The van der Waals surface area contributed by atoms with Crippen LogP contribution in [-0.2, 0) is 18.4 Å². The summed E-state index contributed by atoms with van der Waals surface area (Å²) in [4.78, 5) is 25.6. The first-order valence-corrected chi connectivity index (χ1v) is 34.0. The first kappa shape index (κ1) is 73.5. The number of allylic oxidation sites excluding steroid dienone is 7. The second kappa shape index (κ2) is 57.2. The van der Waals surface area contributed by atoms with Crippen molar-refractivity contribution in [3.63, 3.8) is 0 Å². The molecular weight excluding hydrogens is 948 g/mol. The number of aliphatic hydroxyl groups is 1. The van der Waals surface area contributed by atoms with Crippen molar-refractivity contribution >= 4 is 13.7 Å². The molecule has 1 amide bonds. The van der Waals surface area contributed by atoms with E-state index in [0.717, 1.165) is 44.9 Å². The molecule has 0 heterocycles. The van der Waals surface area contributed by atoms with Gasteiger partial charge in [-0.1, -0.05) is 294 Å². The van der Waals surface area contributed by atoms with E-state index in [0.29, 0.717) is 17.4 Å². The largest absolute Gasteiger partial charge is 0.756 e. The number of quaternary nitrogens is 1. The van der Waals surface area contributed by atoms with Crippen molar-refractivity contribution in [3.05, 3.63) is 48.6 Å². The van der Waals surface area contributed by atoms with E-state index in [2.05, 4.69) is 55.6 Å². The summed E-state index contributed by atoms with van der Waals surface area (Å²) in [7, 11) is 1.25. The zero-order valence-corrected chi connectivity index (χ0v) is 51.4. The van der Waals surface area contributed by atoms with Gasteiger partial charge in [-0.25, -0.2) is 0 Å². The highest BCUT2D eigenvalue weighted by Gasteiger charge is 2.23. The van der Waals surface area contributed by atoms with Crippen molar-refractivity contribution in [1.82, 2.24) is 5.32 Å². The molecule has 442 valence electrons. The van der Waals surface area contributed by atoms with Gasteiger partial charge in [-0.05, 0) is 64.2 Å². The van der Waals surface area contributed by atoms with Crippen molar-refractivity contribution in [2.75, 3.05) is 40.9 Å². The van der Waals surface area contributed by atoms with Gasteiger partial charge < -0.3 is 28.8 Å². The summed E-state index contributed by atoms with van der Waals surface area (Å²) in [5, 5.41) is 13.9. The number of carbonyl (C=O) groups excluding carboxylic acids is 1. The van der Waals surface area contributed by atoms with Crippen molar-refractivity contribution in [1.29, 1.82) is 0 Å². The fourth-order valence-electron chi connectivity index (χ4n) is 9.67. The van der Waals surface area contributed by atoms with Crippen molar-refractivity contribution in [3.8, 4) is 0 Å². The molecule has 0 aliphatic rings. The molecule has 8 nitrogen and oxygen atoms in total. The fourth-order valence-corrected chi connectivity index (χ4v) is 10.4. The highest BCUT2D eigenvalue weighted by Crippen LogP contribution is 2.38. The zero-order chi connectivity index (χ0) is 54.9. The Hall–Kier alpha value is -1.54. The second-order valence-corrected chi connectivity index (χ2v) is 24.9. The Morgan fingerprint density at radius 3 is 1.16 bits per heavy atom. The van der Waals surface area contributed by atoms with Crippen LogP contribution in [0.3, 0.4) is 0 Å². The monoisotopic (exact) mass is 1070 g/mol. The van der Waals surface area contributed by atoms with E-state index in [1.807, 2.05) is 27.2 Å². The highest BCUT2D eigenvalue weighted by atomic mass is 31.2. The highest BCUT2D eigenvalue weighted by molar-refractivity contribution is 7.45. The molecule has 0 aromatic carbocycles. The molecule has 0 bridgehead atoms. The lowest BCUT2D eigenvalue weighted by Crippen LogP contribution is -2.45. The third-order valence-corrected chi connectivity index (χ3v) is 15.7. The molecule has 0 saturated carbocycles. The SMILES string of the molecule is CCCCCCCCCCC/C=C\C/C=C\CCCCCCCCCCCCCCCCCC(=O)NC(COP(=O)([O-])OCC[N+](C)(C)C)C(O)/C=C/CC/C=C/CCCCCCCCCCCCCCCCCC. The van der Waals surface area contributed by atoms with Crippen LogP contribution in [0.25, 0.3) is 0 Å². The smallest absolute Gasteiger partial charge is 0.268 e. The molecule has 0 saturated heterocycles. The van der Waals surface area contributed by atoms with E-state index in [4.69, 9.17) is 9.05 Å².